The van der Waals surface area contributed by atoms with Crippen LogP contribution in [-0.4, -0.2) is 13.6 Å². The highest BCUT2D eigenvalue weighted by Gasteiger charge is 2.09. The van der Waals surface area contributed by atoms with Crippen LogP contribution in [0.4, 0.5) is 5.69 Å². The molecule has 1 N–H and O–H groups in total. The predicted octanol–water partition coefficient (Wildman–Crippen LogP) is 4.39. The number of nitrogens with zero attached hydrogens (tertiary/aromatic N) is 1. The van der Waals surface area contributed by atoms with Crippen molar-refractivity contribution in [3.63, 3.8) is 0 Å². The molecule has 0 radical (unpaired) electrons. The van der Waals surface area contributed by atoms with Crippen LogP contribution in [0.2, 0.25) is 5.02 Å². The molecule has 112 valence electrons. The van der Waals surface area contributed by atoms with Crippen LogP contribution in [0.5, 0.6) is 0 Å². The summed E-state index contributed by atoms with van der Waals surface area (Å²) in [6, 6.07) is 14.8. The predicted molar refractivity (Wildman–Crippen MR) is 92.1 cm³/mol. The number of anilines is 1. The Morgan fingerprint density at radius 1 is 1.10 bits per heavy atom. The first kappa shape index (κ1) is 15.9. The lowest BCUT2D eigenvalue weighted by molar-refractivity contribution is 0.723. The molecule has 2 aromatic carbocycles. The van der Waals surface area contributed by atoms with Crippen LogP contribution in [0.3, 0.4) is 0 Å². The van der Waals surface area contributed by atoms with Crippen molar-refractivity contribution in [1.29, 1.82) is 0 Å². The number of halogens is 1. The largest absolute Gasteiger partial charge is 0.370 e. The van der Waals surface area contributed by atoms with Crippen LogP contribution >= 0.6 is 11.6 Å². The zero-order valence-corrected chi connectivity index (χ0v) is 13.7. The van der Waals surface area contributed by atoms with Gasteiger partial charge in [0, 0.05) is 30.8 Å². The van der Waals surface area contributed by atoms with Crippen molar-refractivity contribution >= 4 is 17.3 Å². The Hall–Kier alpha value is -1.51. The Labute approximate surface area is 132 Å². The van der Waals surface area contributed by atoms with Crippen molar-refractivity contribution in [3.8, 4) is 0 Å². The van der Waals surface area contributed by atoms with Gasteiger partial charge in [-0.1, -0.05) is 54.4 Å². The summed E-state index contributed by atoms with van der Waals surface area (Å²) in [7, 11) is 2.11. The van der Waals surface area contributed by atoms with E-state index in [2.05, 4.69) is 61.4 Å². The Morgan fingerprint density at radius 2 is 1.81 bits per heavy atom. The fraction of sp³-hybridized carbons (Fsp3) is 0.333. The molecule has 2 rings (SSSR count). The average Bonchev–Trinajstić information content (AvgIpc) is 2.48. The number of hydrogen-bond donors (Lipinski definition) is 1. The summed E-state index contributed by atoms with van der Waals surface area (Å²) in [5.74, 6) is 0. The van der Waals surface area contributed by atoms with Crippen molar-refractivity contribution in [2.45, 2.75) is 26.9 Å². The summed E-state index contributed by atoms with van der Waals surface area (Å²) >= 11 is 6.17. The van der Waals surface area contributed by atoms with E-state index in [1.807, 2.05) is 12.1 Å². The lowest BCUT2D eigenvalue weighted by atomic mass is 10.1. The monoisotopic (exact) mass is 302 g/mol. The van der Waals surface area contributed by atoms with Gasteiger partial charge in [-0.3, -0.25) is 0 Å². The summed E-state index contributed by atoms with van der Waals surface area (Å²) in [4.78, 5) is 2.25. The third kappa shape index (κ3) is 4.48. The smallest absolute Gasteiger partial charge is 0.0427 e. The van der Waals surface area contributed by atoms with Crippen LogP contribution in [0.25, 0.3) is 0 Å². The van der Waals surface area contributed by atoms with Crippen molar-refractivity contribution in [2.75, 3.05) is 18.5 Å². The van der Waals surface area contributed by atoms with Gasteiger partial charge in [0.1, 0.15) is 0 Å². The third-order valence-corrected chi connectivity index (χ3v) is 3.80. The maximum Gasteiger partial charge on any atom is 0.0427 e. The molecule has 0 unspecified atom stereocenters. The van der Waals surface area contributed by atoms with Gasteiger partial charge in [0.05, 0.1) is 0 Å². The molecule has 0 fully saturated rings. The number of rotatable bonds is 6. The van der Waals surface area contributed by atoms with Crippen LogP contribution in [-0.2, 0) is 13.1 Å². The highest BCUT2D eigenvalue weighted by molar-refractivity contribution is 6.30. The summed E-state index contributed by atoms with van der Waals surface area (Å²) in [6.07, 6.45) is 0. The zero-order chi connectivity index (χ0) is 15.2. The lowest BCUT2D eigenvalue weighted by Gasteiger charge is -2.23. The Morgan fingerprint density at radius 3 is 2.48 bits per heavy atom. The molecule has 0 spiro atoms. The van der Waals surface area contributed by atoms with Gasteiger partial charge in [-0.05, 0) is 36.7 Å². The normalized spacial score (nSPS) is 10.7. The molecule has 3 heteroatoms. The molecule has 2 aromatic rings. The van der Waals surface area contributed by atoms with Crippen molar-refractivity contribution in [1.82, 2.24) is 5.32 Å². The Bertz CT molecular complexity index is 578. The molecular formula is C18H23ClN2. The van der Waals surface area contributed by atoms with Crippen molar-refractivity contribution in [3.05, 3.63) is 64.2 Å². The highest BCUT2D eigenvalue weighted by atomic mass is 35.5. The third-order valence-electron chi connectivity index (χ3n) is 3.56. The van der Waals surface area contributed by atoms with E-state index in [1.165, 1.54) is 22.4 Å². The molecule has 21 heavy (non-hydrogen) atoms. The average molecular weight is 303 g/mol. The van der Waals surface area contributed by atoms with Gasteiger partial charge in [-0.2, -0.15) is 0 Å². The molecule has 0 saturated heterocycles. The van der Waals surface area contributed by atoms with E-state index >= 15 is 0 Å². The first-order valence-corrected chi connectivity index (χ1v) is 7.73. The fourth-order valence-corrected chi connectivity index (χ4v) is 2.52. The van der Waals surface area contributed by atoms with Crippen LogP contribution in [0, 0.1) is 6.92 Å². The van der Waals surface area contributed by atoms with E-state index in [9.17, 15) is 0 Å². The second kappa shape index (κ2) is 7.48. The van der Waals surface area contributed by atoms with Crippen LogP contribution < -0.4 is 10.2 Å². The quantitative estimate of drug-likeness (QED) is 0.851. The van der Waals surface area contributed by atoms with E-state index in [4.69, 9.17) is 11.6 Å². The van der Waals surface area contributed by atoms with Crippen LogP contribution in [0.15, 0.2) is 42.5 Å². The lowest BCUT2D eigenvalue weighted by Crippen LogP contribution is -2.20. The Kier molecular flexibility index (Phi) is 5.66. The van der Waals surface area contributed by atoms with Gasteiger partial charge in [-0.15, -0.1) is 0 Å². The maximum absolute atomic E-state index is 6.17. The number of nitrogens with one attached hydrogen (secondary N) is 1. The van der Waals surface area contributed by atoms with E-state index in [1.54, 1.807) is 0 Å². The number of benzene rings is 2. The molecule has 0 aliphatic heterocycles. The van der Waals surface area contributed by atoms with Gasteiger partial charge in [0.2, 0.25) is 0 Å². The van der Waals surface area contributed by atoms with Crippen LogP contribution in [0.1, 0.15) is 23.6 Å². The summed E-state index contributed by atoms with van der Waals surface area (Å²) in [5.41, 5.74) is 5.05. The van der Waals surface area contributed by atoms with Crippen molar-refractivity contribution < 1.29 is 0 Å². The molecule has 0 aromatic heterocycles. The van der Waals surface area contributed by atoms with E-state index in [0.717, 1.165) is 24.7 Å². The number of aryl methyl sites for hydroxylation is 1. The first-order valence-electron chi connectivity index (χ1n) is 7.36. The van der Waals surface area contributed by atoms with E-state index < -0.39 is 0 Å². The molecule has 0 heterocycles. The minimum Gasteiger partial charge on any atom is -0.370 e. The zero-order valence-electron chi connectivity index (χ0n) is 13.0. The fourth-order valence-electron chi connectivity index (χ4n) is 2.35. The number of hydrogen-bond acceptors (Lipinski definition) is 2. The van der Waals surface area contributed by atoms with E-state index in [-0.39, 0.29) is 0 Å². The molecule has 0 aliphatic rings. The van der Waals surface area contributed by atoms with Gasteiger partial charge in [0.25, 0.3) is 0 Å². The molecule has 0 saturated carbocycles. The molecule has 0 bridgehead atoms. The molecule has 0 aliphatic carbocycles. The van der Waals surface area contributed by atoms with Crippen molar-refractivity contribution in [2.24, 2.45) is 0 Å². The molecule has 0 atom stereocenters. The standard InChI is InChI=1S/C18H23ClN2/c1-4-20-12-16-9-10-17(19)11-18(16)21(3)13-15-7-5-14(2)6-8-15/h5-11,20H,4,12-13H2,1-3H3. The molecule has 0 amide bonds. The summed E-state index contributed by atoms with van der Waals surface area (Å²) < 4.78 is 0. The summed E-state index contributed by atoms with van der Waals surface area (Å²) in [6.45, 7) is 6.93. The molecule has 2 nitrogen and oxygen atoms in total. The minimum absolute atomic E-state index is 0.779. The molecular weight excluding hydrogens is 280 g/mol. The second-order valence-corrected chi connectivity index (χ2v) is 5.83. The van der Waals surface area contributed by atoms with Gasteiger partial charge in [-0.25, -0.2) is 0 Å². The second-order valence-electron chi connectivity index (χ2n) is 5.40. The summed E-state index contributed by atoms with van der Waals surface area (Å²) in [5, 5.41) is 4.16. The highest BCUT2D eigenvalue weighted by Crippen LogP contribution is 2.25. The van der Waals surface area contributed by atoms with E-state index in [0.29, 0.717) is 0 Å². The Balaban J connectivity index is 2.18. The van der Waals surface area contributed by atoms with Gasteiger partial charge in [0.15, 0.2) is 0 Å². The minimum atomic E-state index is 0.779. The first-order chi connectivity index (χ1) is 10.1. The van der Waals surface area contributed by atoms with Gasteiger partial charge < -0.3 is 10.2 Å². The van der Waals surface area contributed by atoms with Gasteiger partial charge >= 0.3 is 0 Å². The topological polar surface area (TPSA) is 15.3 Å². The SMILES string of the molecule is CCNCc1ccc(Cl)cc1N(C)Cc1ccc(C)cc1. The maximum atomic E-state index is 6.17.